The van der Waals surface area contributed by atoms with Crippen LogP contribution in [-0.2, 0) is 6.54 Å². The lowest BCUT2D eigenvalue weighted by Crippen LogP contribution is -1.89. The molecule has 5 aromatic rings. The normalized spacial score (nSPS) is 11.2. The Labute approximate surface area is 186 Å². The summed E-state index contributed by atoms with van der Waals surface area (Å²) in [6.45, 7) is 2.99. The monoisotopic (exact) mass is 415 g/mol. The van der Waals surface area contributed by atoms with Gasteiger partial charge in [-0.3, -0.25) is 0 Å². The minimum absolute atomic E-state index is 0.318. The highest BCUT2D eigenvalue weighted by Crippen LogP contribution is 2.42. The molecule has 0 aliphatic rings. The predicted octanol–water partition coefficient (Wildman–Crippen LogP) is 7.21. The molecule has 2 heterocycles. The highest BCUT2D eigenvalue weighted by atomic mass is 16.4. The molecule has 0 spiro atoms. The van der Waals surface area contributed by atoms with E-state index >= 15 is 0 Å². The number of aliphatic imine (C=N–C) groups is 1. The smallest absolute Gasteiger partial charge is 0.238 e. The first-order chi connectivity index (χ1) is 15.8. The van der Waals surface area contributed by atoms with Gasteiger partial charge in [0.25, 0.3) is 0 Å². The lowest BCUT2D eigenvalue weighted by molar-refractivity contribution is 0.593. The molecule has 2 aromatic heterocycles. The van der Waals surface area contributed by atoms with Crippen molar-refractivity contribution in [3.63, 3.8) is 0 Å². The van der Waals surface area contributed by atoms with Crippen LogP contribution in [0.2, 0.25) is 0 Å². The Bertz CT molecular complexity index is 1450. The summed E-state index contributed by atoms with van der Waals surface area (Å²) in [7, 11) is 0. The van der Waals surface area contributed by atoms with Gasteiger partial charge in [0.15, 0.2) is 0 Å². The van der Waals surface area contributed by atoms with E-state index in [2.05, 4.69) is 40.9 Å². The van der Waals surface area contributed by atoms with Crippen molar-refractivity contribution >= 4 is 23.0 Å². The van der Waals surface area contributed by atoms with Crippen molar-refractivity contribution in [1.29, 1.82) is 5.26 Å². The van der Waals surface area contributed by atoms with Crippen molar-refractivity contribution in [1.82, 2.24) is 4.57 Å². The molecule has 0 atom stereocenters. The van der Waals surface area contributed by atoms with Crippen molar-refractivity contribution in [2.75, 3.05) is 0 Å². The zero-order chi connectivity index (χ0) is 21.9. The number of hydrogen-bond donors (Lipinski definition) is 0. The number of hydrogen-bond acceptors (Lipinski definition) is 3. The number of nitriles is 1. The quantitative estimate of drug-likeness (QED) is 0.285. The molecule has 0 bridgehead atoms. The van der Waals surface area contributed by atoms with Gasteiger partial charge in [0.2, 0.25) is 5.88 Å². The van der Waals surface area contributed by atoms with Gasteiger partial charge in [-0.05, 0) is 18.6 Å². The predicted molar refractivity (Wildman–Crippen MR) is 129 cm³/mol. The molecule has 0 N–H and O–H groups in total. The van der Waals surface area contributed by atoms with E-state index in [4.69, 9.17) is 4.42 Å². The standard InChI is InChI=1S/C28H21N3O/c1-2-31-19-22(23-15-9-10-16-25(23)31)18-30-28-24(17-29)26(20-11-5-3-6-12-20)27(32-28)21-13-7-4-8-14-21/h3-16,18-19H,2H2,1H3. The second-order valence-corrected chi connectivity index (χ2v) is 7.48. The van der Waals surface area contributed by atoms with Gasteiger partial charge in [0.1, 0.15) is 17.4 Å². The van der Waals surface area contributed by atoms with Crippen LogP contribution in [0.15, 0.2) is 101 Å². The Balaban J connectivity index is 1.68. The summed E-state index contributed by atoms with van der Waals surface area (Å²) in [4.78, 5) is 4.65. The fourth-order valence-corrected chi connectivity index (χ4v) is 4.05. The molecule has 3 aromatic carbocycles. The average Bonchev–Trinajstić information content (AvgIpc) is 3.42. The van der Waals surface area contributed by atoms with E-state index in [9.17, 15) is 5.26 Å². The zero-order valence-corrected chi connectivity index (χ0v) is 17.7. The number of fused-ring (bicyclic) bond motifs is 1. The maximum atomic E-state index is 10.0. The zero-order valence-electron chi connectivity index (χ0n) is 17.7. The van der Waals surface area contributed by atoms with Crippen molar-refractivity contribution in [3.8, 4) is 28.5 Å². The van der Waals surface area contributed by atoms with Gasteiger partial charge in [-0.15, -0.1) is 0 Å². The fraction of sp³-hybridized carbons (Fsp3) is 0.0714. The second-order valence-electron chi connectivity index (χ2n) is 7.48. The summed E-state index contributed by atoms with van der Waals surface area (Å²) in [6, 6.07) is 30.3. The molecule has 154 valence electrons. The molecule has 4 nitrogen and oxygen atoms in total. The van der Waals surface area contributed by atoms with Crippen LogP contribution in [0.5, 0.6) is 0 Å². The Morgan fingerprint density at radius 2 is 1.56 bits per heavy atom. The Morgan fingerprint density at radius 3 is 2.25 bits per heavy atom. The third kappa shape index (κ3) is 3.40. The van der Waals surface area contributed by atoms with Gasteiger partial charge >= 0.3 is 0 Å². The summed E-state index contributed by atoms with van der Waals surface area (Å²) in [5.74, 6) is 0.968. The molecule has 0 fully saturated rings. The van der Waals surface area contributed by atoms with Crippen molar-refractivity contribution in [2.24, 2.45) is 4.99 Å². The van der Waals surface area contributed by atoms with E-state index in [1.54, 1.807) is 6.21 Å². The van der Waals surface area contributed by atoms with Gasteiger partial charge < -0.3 is 8.98 Å². The number of rotatable bonds is 5. The van der Waals surface area contributed by atoms with E-state index in [1.807, 2.05) is 72.8 Å². The van der Waals surface area contributed by atoms with Gasteiger partial charge in [0.05, 0.1) is 0 Å². The molecule has 0 unspecified atom stereocenters. The van der Waals surface area contributed by atoms with E-state index in [0.29, 0.717) is 17.2 Å². The number of nitrogens with zero attached hydrogens (tertiary/aromatic N) is 3. The van der Waals surface area contributed by atoms with E-state index in [0.717, 1.165) is 39.7 Å². The van der Waals surface area contributed by atoms with Gasteiger partial charge in [-0.1, -0.05) is 78.9 Å². The third-order valence-electron chi connectivity index (χ3n) is 5.58. The van der Waals surface area contributed by atoms with Crippen LogP contribution in [0.1, 0.15) is 18.1 Å². The van der Waals surface area contributed by atoms with Crippen LogP contribution < -0.4 is 0 Å². The van der Waals surface area contributed by atoms with E-state index < -0.39 is 0 Å². The number of aromatic nitrogens is 1. The van der Waals surface area contributed by atoms with E-state index in [1.165, 1.54) is 0 Å². The summed E-state index contributed by atoms with van der Waals surface area (Å²) in [5, 5.41) is 11.2. The lowest BCUT2D eigenvalue weighted by Gasteiger charge is -2.03. The Kier molecular flexibility index (Phi) is 5.15. The fourth-order valence-electron chi connectivity index (χ4n) is 4.05. The van der Waals surface area contributed by atoms with E-state index in [-0.39, 0.29) is 0 Å². The van der Waals surface area contributed by atoms with Crippen molar-refractivity contribution < 1.29 is 4.42 Å². The van der Waals surface area contributed by atoms with Crippen LogP contribution in [-0.4, -0.2) is 10.8 Å². The minimum Gasteiger partial charge on any atom is -0.436 e. The summed E-state index contributed by atoms with van der Waals surface area (Å²) in [5.41, 5.74) is 5.19. The first-order valence-electron chi connectivity index (χ1n) is 10.6. The lowest BCUT2D eigenvalue weighted by atomic mass is 9.98. The third-order valence-corrected chi connectivity index (χ3v) is 5.58. The molecule has 0 amide bonds. The second kappa shape index (κ2) is 8.41. The summed E-state index contributed by atoms with van der Waals surface area (Å²) >= 11 is 0. The van der Waals surface area contributed by atoms with Crippen LogP contribution in [0, 0.1) is 11.3 Å². The van der Waals surface area contributed by atoms with Crippen LogP contribution in [0.4, 0.5) is 5.88 Å². The Hall–Kier alpha value is -4.36. The maximum Gasteiger partial charge on any atom is 0.238 e. The molecule has 32 heavy (non-hydrogen) atoms. The number of aryl methyl sites for hydroxylation is 1. The van der Waals surface area contributed by atoms with Crippen molar-refractivity contribution in [3.05, 3.63) is 102 Å². The number of benzene rings is 3. The molecular formula is C28H21N3O. The number of furan rings is 1. The molecule has 0 aliphatic carbocycles. The SMILES string of the molecule is CCn1cc(C=Nc2oc(-c3ccccc3)c(-c3ccccc3)c2C#N)c2ccccc21. The van der Waals surface area contributed by atoms with Crippen LogP contribution >= 0.6 is 0 Å². The molecule has 0 saturated carbocycles. The molecular weight excluding hydrogens is 394 g/mol. The molecule has 5 rings (SSSR count). The molecule has 0 radical (unpaired) electrons. The highest BCUT2D eigenvalue weighted by Gasteiger charge is 2.22. The van der Waals surface area contributed by atoms with Gasteiger partial charge in [-0.25, -0.2) is 4.99 Å². The minimum atomic E-state index is 0.318. The topological polar surface area (TPSA) is 54.2 Å². The van der Waals surface area contributed by atoms with Crippen LogP contribution in [0.3, 0.4) is 0 Å². The number of para-hydroxylation sites is 1. The molecule has 0 saturated heterocycles. The molecule has 4 heteroatoms. The largest absolute Gasteiger partial charge is 0.436 e. The Morgan fingerprint density at radius 1 is 0.906 bits per heavy atom. The molecule has 0 aliphatic heterocycles. The first kappa shape index (κ1) is 19.6. The van der Waals surface area contributed by atoms with Crippen LogP contribution in [0.25, 0.3) is 33.4 Å². The maximum absolute atomic E-state index is 10.0. The first-order valence-corrected chi connectivity index (χ1v) is 10.6. The highest BCUT2D eigenvalue weighted by molar-refractivity contribution is 6.00. The average molecular weight is 415 g/mol. The van der Waals surface area contributed by atoms with Crippen molar-refractivity contribution in [2.45, 2.75) is 13.5 Å². The van der Waals surface area contributed by atoms with Gasteiger partial charge in [-0.2, -0.15) is 5.26 Å². The summed E-state index contributed by atoms with van der Waals surface area (Å²) in [6.07, 6.45) is 3.87. The summed E-state index contributed by atoms with van der Waals surface area (Å²) < 4.78 is 8.41. The van der Waals surface area contributed by atoms with Gasteiger partial charge in [0, 0.05) is 46.5 Å².